The lowest BCUT2D eigenvalue weighted by Gasteiger charge is -2.37. The summed E-state index contributed by atoms with van der Waals surface area (Å²) in [7, 11) is 0. The van der Waals surface area contributed by atoms with Gasteiger partial charge in [0, 0.05) is 51.7 Å². The molecule has 2 rings (SSSR count). The average molecular weight is 429 g/mol. The molecule has 0 spiro atoms. The van der Waals surface area contributed by atoms with Crippen LogP contribution < -0.4 is 10.6 Å². The van der Waals surface area contributed by atoms with Crippen LogP contribution >= 0.6 is 12.4 Å². The molecule has 0 aromatic rings. The fraction of sp³-hybridized carbons (Fsp3) is 0.889. The molecule has 2 aliphatic heterocycles. The Balaban J connectivity index is 0.00000392. The summed E-state index contributed by atoms with van der Waals surface area (Å²) in [5.74, 6) is -0.914. The maximum absolute atomic E-state index is 13.4. The van der Waals surface area contributed by atoms with Crippen LogP contribution in [0, 0.1) is 11.8 Å². The summed E-state index contributed by atoms with van der Waals surface area (Å²) in [6.45, 7) is 5.88. The van der Waals surface area contributed by atoms with Crippen LogP contribution in [-0.4, -0.2) is 79.6 Å². The smallest absolute Gasteiger partial charge is 0.354 e. The van der Waals surface area contributed by atoms with E-state index in [0.717, 1.165) is 6.42 Å². The van der Waals surface area contributed by atoms with Gasteiger partial charge >= 0.3 is 6.18 Å². The quantitative estimate of drug-likeness (QED) is 0.675. The Morgan fingerprint density at radius 2 is 1.86 bits per heavy atom. The maximum Gasteiger partial charge on any atom is 0.405 e. The summed E-state index contributed by atoms with van der Waals surface area (Å²) in [5, 5.41) is 5.53. The molecule has 2 heterocycles. The van der Waals surface area contributed by atoms with Crippen LogP contribution in [0.1, 0.15) is 33.1 Å². The predicted octanol–water partition coefficient (Wildman–Crippen LogP) is 1.65. The van der Waals surface area contributed by atoms with Crippen molar-refractivity contribution in [3.05, 3.63) is 0 Å². The molecular formula is C18H32ClF3N4O2. The molecule has 0 bridgehead atoms. The van der Waals surface area contributed by atoms with E-state index in [1.54, 1.807) is 4.90 Å². The van der Waals surface area contributed by atoms with Gasteiger partial charge in [-0.3, -0.25) is 14.5 Å². The highest BCUT2D eigenvalue weighted by Gasteiger charge is 2.44. The number of hydrogen-bond donors (Lipinski definition) is 2. The van der Waals surface area contributed by atoms with Crippen molar-refractivity contribution in [2.24, 2.45) is 11.8 Å². The van der Waals surface area contributed by atoms with Crippen LogP contribution in [0.4, 0.5) is 13.2 Å². The van der Waals surface area contributed by atoms with E-state index in [2.05, 4.69) is 10.6 Å². The summed E-state index contributed by atoms with van der Waals surface area (Å²) in [6.07, 6.45) is -2.37. The Bertz CT molecular complexity index is 516. The number of halogens is 4. The molecule has 0 aliphatic carbocycles. The first-order valence-electron chi connectivity index (χ1n) is 9.82. The lowest BCUT2D eigenvalue weighted by molar-refractivity contribution is -0.184. The molecule has 2 aliphatic rings. The summed E-state index contributed by atoms with van der Waals surface area (Å²) >= 11 is 0. The minimum Gasteiger partial charge on any atom is -0.354 e. The summed E-state index contributed by atoms with van der Waals surface area (Å²) < 4.78 is 40.3. The van der Waals surface area contributed by atoms with Crippen molar-refractivity contribution >= 4 is 24.2 Å². The molecule has 0 radical (unpaired) electrons. The lowest BCUT2D eigenvalue weighted by Crippen LogP contribution is -2.58. The molecule has 2 N–H and O–H groups in total. The van der Waals surface area contributed by atoms with Gasteiger partial charge in [-0.2, -0.15) is 13.2 Å². The number of piperidine rings is 1. The average Bonchev–Trinajstić information content (AvgIpc) is 2.66. The minimum atomic E-state index is -4.39. The van der Waals surface area contributed by atoms with E-state index in [1.807, 2.05) is 13.8 Å². The molecule has 2 saturated heterocycles. The van der Waals surface area contributed by atoms with Crippen molar-refractivity contribution in [1.29, 1.82) is 0 Å². The van der Waals surface area contributed by atoms with Crippen molar-refractivity contribution in [2.75, 3.05) is 45.8 Å². The van der Waals surface area contributed by atoms with Crippen molar-refractivity contribution in [3.63, 3.8) is 0 Å². The number of carbonyl (C=O) groups is 2. The first-order chi connectivity index (χ1) is 12.7. The van der Waals surface area contributed by atoms with E-state index in [1.165, 1.54) is 4.90 Å². The Labute approximate surface area is 171 Å². The molecular weight excluding hydrogens is 397 g/mol. The molecule has 6 nitrogen and oxygen atoms in total. The molecule has 0 aromatic heterocycles. The van der Waals surface area contributed by atoms with Crippen molar-refractivity contribution in [3.8, 4) is 0 Å². The van der Waals surface area contributed by atoms with Crippen LogP contribution in [0.5, 0.6) is 0 Å². The van der Waals surface area contributed by atoms with Gasteiger partial charge in [-0.05, 0) is 19.3 Å². The second kappa shape index (κ2) is 11.2. The van der Waals surface area contributed by atoms with Gasteiger partial charge in [-0.1, -0.05) is 13.8 Å². The zero-order chi connectivity index (χ0) is 20.0. The Morgan fingerprint density at radius 3 is 2.43 bits per heavy atom. The van der Waals surface area contributed by atoms with E-state index < -0.39 is 24.7 Å². The number of carbonyl (C=O) groups excluding carboxylic acids is 2. The third-order valence-electron chi connectivity index (χ3n) is 5.58. The zero-order valence-electron chi connectivity index (χ0n) is 16.6. The van der Waals surface area contributed by atoms with E-state index in [-0.39, 0.29) is 30.1 Å². The van der Waals surface area contributed by atoms with Gasteiger partial charge in [0.05, 0.1) is 5.92 Å². The molecule has 28 heavy (non-hydrogen) atoms. The fourth-order valence-corrected chi connectivity index (χ4v) is 3.66. The Hall–Kier alpha value is -1.06. The summed E-state index contributed by atoms with van der Waals surface area (Å²) in [4.78, 5) is 27.9. The third kappa shape index (κ3) is 6.77. The maximum atomic E-state index is 13.4. The van der Waals surface area contributed by atoms with Gasteiger partial charge < -0.3 is 15.5 Å². The van der Waals surface area contributed by atoms with Crippen molar-refractivity contribution in [1.82, 2.24) is 20.4 Å². The van der Waals surface area contributed by atoms with Crippen LogP contribution in [0.25, 0.3) is 0 Å². The van der Waals surface area contributed by atoms with Gasteiger partial charge in [0.2, 0.25) is 11.8 Å². The number of likely N-dealkylation sites (tertiary alicyclic amines) is 1. The van der Waals surface area contributed by atoms with Gasteiger partial charge in [0.15, 0.2) is 0 Å². The highest BCUT2D eigenvalue weighted by molar-refractivity contribution is 5.85. The number of alkyl halides is 3. The summed E-state index contributed by atoms with van der Waals surface area (Å²) in [6, 6.07) is -1.68. The van der Waals surface area contributed by atoms with Gasteiger partial charge in [-0.25, -0.2) is 0 Å². The first-order valence-corrected chi connectivity index (χ1v) is 9.82. The standard InChI is InChI=1S/C18H31F3N4O2.ClH/c1-3-13(2)17(27)25-8-4-5-14(12-25)16(26)23-11-15(18(19,20)21)24-9-6-22-7-10-24;/h13-15,22H,3-12H2,1-2H3,(H,23,26);1H. The largest absolute Gasteiger partial charge is 0.405 e. The third-order valence-corrected chi connectivity index (χ3v) is 5.58. The predicted molar refractivity (Wildman–Crippen MR) is 103 cm³/mol. The highest BCUT2D eigenvalue weighted by atomic mass is 35.5. The molecule has 10 heteroatoms. The van der Waals surface area contributed by atoms with E-state index in [0.29, 0.717) is 52.1 Å². The monoisotopic (exact) mass is 428 g/mol. The molecule has 3 atom stereocenters. The molecule has 164 valence electrons. The zero-order valence-corrected chi connectivity index (χ0v) is 17.4. The SMILES string of the molecule is CCC(C)C(=O)N1CCCC(C(=O)NCC(N2CCNCC2)C(F)(F)F)C1.Cl. The highest BCUT2D eigenvalue weighted by Crippen LogP contribution is 2.25. The van der Waals surface area contributed by atoms with Crippen LogP contribution in [0.15, 0.2) is 0 Å². The topological polar surface area (TPSA) is 64.7 Å². The molecule has 0 saturated carbocycles. The second-order valence-corrected chi connectivity index (χ2v) is 7.52. The number of hydrogen-bond acceptors (Lipinski definition) is 4. The number of amides is 2. The van der Waals surface area contributed by atoms with Crippen LogP contribution in [-0.2, 0) is 9.59 Å². The van der Waals surface area contributed by atoms with Crippen molar-refractivity contribution in [2.45, 2.75) is 45.3 Å². The molecule has 3 unspecified atom stereocenters. The van der Waals surface area contributed by atoms with Gasteiger partial charge in [-0.15, -0.1) is 12.4 Å². The normalized spacial score (nSPS) is 23.5. The molecule has 2 amide bonds. The van der Waals surface area contributed by atoms with E-state index in [9.17, 15) is 22.8 Å². The number of piperazine rings is 1. The summed E-state index contributed by atoms with van der Waals surface area (Å²) in [5.41, 5.74) is 0. The van der Waals surface area contributed by atoms with Crippen LogP contribution in [0.2, 0.25) is 0 Å². The van der Waals surface area contributed by atoms with Gasteiger partial charge in [0.1, 0.15) is 6.04 Å². The lowest BCUT2D eigenvalue weighted by atomic mass is 9.95. The van der Waals surface area contributed by atoms with Crippen LogP contribution in [0.3, 0.4) is 0 Å². The first kappa shape index (κ1) is 25.0. The number of nitrogens with zero attached hydrogens (tertiary/aromatic N) is 2. The van der Waals surface area contributed by atoms with E-state index >= 15 is 0 Å². The molecule has 2 fully saturated rings. The minimum absolute atomic E-state index is 0. The Morgan fingerprint density at radius 1 is 1.21 bits per heavy atom. The van der Waals surface area contributed by atoms with Gasteiger partial charge in [0.25, 0.3) is 0 Å². The fourth-order valence-electron chi connectivity index (χ4n) is 3.66. The Kier molecular flexibility index (Phi) is 10.00. The number of nitrogens with one attached hydrogen (secondary N) is 2. The number of rotatable bonds is 6. The second-order valence-electron chi connectivity index (χ2n) is 7.52. The van der Waals surface area contributed by atoms with E-state index in [4.69, 9.17) is 0 Å². The van der Waals surface area contributed by atoms with Crippen molar-refractivity contribution < 1.29 is 22.8 Å². The molecule has 0 aromatic carbocycles.